The normalized spacial score (nSPS) is 12.3. The third-order valence-electron chi connectivity index (χ3n) is 5.11. The molecule has 0 saturated heterocycles. The van der Waals surface area contributed by atoms with Crippen LogP contribution in [-0.2, 0) is 11.2 Å². The monoisotopic (exact) mass is 487 g/mol. The number of phenols is 1. The van der Waals surface area contributed by atoms with Crippen LogP contribution in [0, 0.1) is 0 Å². The Hall–Kier alpha value is -3.53. The molecule has 1 aromatic heterocycles. The predicted octanol–water partition coefficient (Wildman–Crippen LogP) is 4.13. The van der Waals surface area contributed by atoms with Crippen LogP contribution in [0.15, 0.2) is 47.3 Å². The number of carbonyl (C=O) groups is 2. The van der Waals surface area contributed by atoms with Crippen LogP contribution >= 0.6 is 11.3 Å². The summed E-state index contributed by atoms with van der Waals surface area (Å²) < 4.78 is 5.80. The van der Waals surface area contributed by atoms with Crippen LogP contribution in [0.2, 0.25) is 0 Å². The molecule has 2 amide bonds. The molecule has 0 aliphatic heterocycles. The van der Waals surface area contributed by atoms with Gasteiger partial charge in [0, 0.05) is 25.6 Å². The number of aromatic nitrogens is 1. The molecule has 0 radical (unpaired) electrons. The lowest BCUT2D eigenvalue weighted by Gasteiger charge is -2.27. The number of thiazole rings is 1. The second-order valence-corrected chi connectivity index (χ2v) is 9.92. The SMILES string of the molecule is CC(C)(C)OC(=O)NCCN(CC(Cc1ccccc1)c1ccc(O)c2[nH]c(=O)sc12)C(=O)O. The van der Waals surface area contributed by atoms with Gasteiger partial charge >= 0.3 is 17.1 Å². The number of amides is 2. The van der Waals surface area contributed by atoms with E-state index in [0.717, 1.165) is 22.5 Å². The summed E-state index contributed by atoms with van der Waals surface area (Å²) in [5, 5.41) is 22.6. The Balaban J connectivity index is 1.84. The molecule has 1 unspecified atom stereocenters. The molecule has 0 bridgehead atoms. The summed E-state index contributed by atoms with van der Waals surface area (Å²) in [4.78, 5) is 39.5. The van der Waals surface area contributed by atoms with Gasteiger partial charge in [-0.3, -0.25) is 4.79 Å². The first-order valence-corrected chi connectivity index (χ1v) is 11.7. The quantitative estimate of drug-likeness (QED) is 0.378. The van der Waals surface area contributed by atoms with E-state index in [9.17, 15) is 24.6 Å². The summed E-state index contributed by atoms with van der Waals surface area (Å²) in [7, 11) is 0. The van der Waals surface area contributed by atoms with Gasteiger partial charge in [-0.2, -0.15) is 0 Å². The minimum atomic E-state index is -1.12. The largest absolute Gasteiger partial charge is 0.506 e. The fourth-order valence-corrected chi connectivity index (χ4v) is 4.62. The van der Waals surface area contributed by atoms with Gasteiger partial charge in [-0.1, -0.05) is 47.7 Å². The minimum Gasteiger partial charge on any atom is -0.506 e. The molecule has 10 heteroatoms. The Bertz CT molecular complexity index is 1200. The number of H-pyrrole nitrogens is 1. The second-order valence-electron chi connectivity index (χ2n) is 8.94. The molecular formula is C24H29N3O6S. The maximum atomic E-state index is 12.0. The molecule has 34 heavy (non-hydrogen) atoms. The van der Waals surface area contributed by atoms with Crippen molar-refractivity contribution in [3.05, 3.63) is 63.3 Å². The van der Waals surface area contributed by atoms with Crippen LogP contribution < -0.4 is 10.2 Å². The van der Waals surface area contributed by atoms with Crippen molar-refractivity contribution in [1.29, 1.82) is 0 Å². The van der Waals surface area contributed by atoms with E-state index < -0.39 is 17.8 Å². The third kappa shape index (κ3) is 6.74. The predicted molar refractivity (Wildman–Crippen MR) is 131 cm³/mol. The molecule has 9 nitrogen and oxygen atoms in total. The standard InChI is InChI=1S/C24H29N3O6S/c1-24(2,3)33-21(29)25-11-12-27(23(31)32)14-16(13-15-7-5-4-6-8-15)17-9-10-18(28)19-20(17)34-22(30)26-19/h4-10,16,28H,11-14H2,1-3H3,(H,25,29)(H,26,30)(H,31,32). The number of hydrogen-bond donors (Lipinski definition) is 4. The fourth-order valence-electron chi connectivity index (χ4n) is 3.67. The number of phenolic OH excluding ortho intramolecular Hbond substituents is 1. The summed E-state index contributed by atoms with van der Waals surface area (Å²) >= 11 is 0.984. The molecule has 2 aromatic carbocycles. The Morgan fingerprint density at radius 3 is 2.53 bits per heavy atom. The zero-order valence-corrected chi connectivity index (χ0v) is 20.1. The highest BCUT2D eigenvalue weighted by Gasteiger charge is 2.24. The Kier molecular flexibility index (Phi) is 7.83. The van der Waals surface area contributed by atoms with Gasteiger partial charge in [0.1, 0.15) is 16.9 Å². The van der Waals surface area contributed by atoms with Gasteiger partial charge in [0.2, 0.25) is 0 Å². The van der Waals surface area contributed by atoms with Crippen LogP contribution in [0.3, 0.4) is 0 Å². The van der Waals surface area contributed by atoms with Gasteiger partial charge in [0.25, 0.3) is 0 Å². The van der Waals surface area contributed by atoms with Crippen molar-refractivity contribution >= 4 is 33.7 Å². The molecule has 0 aliphatic carbocycles. The fraction of sp³-hybridized carbons (Fsp3) is 0.375. The summed E-state index contributed by atoms with van der Waals surface area (Å²) in [6, 6.07) is 12.9. The number of ether oxygens (including phenoxy) is 1. The van der Waals surface area contributed by atoms with Crippen LogP contribution in [0.4, 0.5) is 9.59 Å². The summed E-state index contributed by atoms with van der Waals surface area (Å²) in [6.07, 6.45) is -1.21. The highest BCUT2D eigenvalue weighted by Crippen LogP contribution is 2.34. The first kappa shape index (κ1) is 25.1. The zero-order chi connectivity index (χ0) is 24.9. The Morgan fingerprint density at radius 2 is 1.88 bits per heavy atom. The van der Waals surface area contributed by atoms with Crippen LogP contribution in [-0.4, -0.2) is 57.5 Å². The molecular weight excluding hydrogens is 458 g/mol. The maximum Gasteiger partial charge on any atom is 0.407 e. The average molecular weight is 488 g/mol. The number of hydrogen-bond acceptors (Lipinski definition) is 6. The van der Waals surface area contributed by atoms with Crippen molar-refractivity contribution in [2.45, 2.75) is 38.7 Å². The molecule has 0 spiro atoms. The number of nitrogens with one attached hydrogen (secondary N) is 2. The molecule has 1 heterocycles. The summed E-state index contributed by atoms with van der Waals surface area (Å²) in [6.45, 7) is 5.52. The number of rotatable bonds is 8. The number of nitrogens with zero attached hydrogens (tertiary/aromatic N) is 1. The number of aromatic amines is 1. The van der Waals surface area contributed by atoms with Crippen molar-refractivity contribution < 1.29 is 24.5 Å². The van der Waals surface area contributed by atoms with E-state index in [1.807, 2.05) is 30.3 Å². The van der Waals surface area contributed by atoms with E-state index in [-0.39, 0.29) is 36.2 Å². The number of carbonyl (C=O) groups excluding carboxylic acids is 1. The van der Waals surface area contributed by atoms with Crippen molar-refractivity contribution in [2.24, 2.45) is 0 Å². The molecule has 0 aliphatic rings. The second kappa shape index (κ2) is 10.6. The van der Waals surface area contributed by atoms with Gasteiger partial charge in [-0.05, 0) is 44.4 Å². The molecule has 1 atom stereocenters. The van der Waals surface area contributed by atoms with E-state index in [1.165, 1.54) is 11.0 Å². The molecule has 4 N–H and O–H groups in total. The molecule has 0 saturated carbocycles. The van der Waals surface area contributed by atoms with Crippen molar-refractivity contribution in [3.8, 4) is 5.75 Å². The number of benzene rings is 2. The lowest BCUT2D eigenvalue weighted by molar-refractivity contribution is 0.0520. The number of carboxylic acid groups (broad SMARTS) is 1. The molecule has 3 aromatic rings. The van der Waals surface area contributed by atoms with Gasteiger partial charge in [-0.15, -0.1) is 0 Å². The van der Waals surface area contributed by atoms with Gasteiger partial charge in [0.15, 0.2) is 0 Å². The Labute approximate surface area is 201 Å². The molecule has 182 valence electrons. The van der Waals surface area contributed by atoms with E-state index >= 15 is 0 Å². The van der Waals surface area contributed by atoms with Crippen LogP contribution in [0.1, 0.15) is 37.8 Å². The van der Waals surface area contributed by atoms with Crippen molar-refractivity contribution in [3.63, 3.8) is 0 Å². The minimum absolute atomic E-state index is 0.0350. The smallest absolute Gasteiger partial charge is 0.407 e. The first-order valence-electron chi connectivity index (χ1n) is 10.9. The first-order chi connectivity index (χ1) is 16.0. The Morgan fingerprint density at radius 1 is 1.18 bits per heavy atom. The highest BCUT2D eigenvalue weighted by molar-refractivity contribution is 7.16. The van der Waals surface area contributed by atoms with E-state index in [0.29, 0.717) is 16.6 Å². The number of fused-ring (bicyclic) bond motifs is 1. The zero-order valence-electron chi connectivity index (χ0n) is 19.3. The number of aromatic hydroxyl groups is 1. The van der Waals surface area contributed by atoms with E-state index in [1.54, 1.807) is 26.8 Å². The van der Waals surface area contributed by atoms with Crippen molar-refractivity contribution in [1.82, 2.24) is 15.2 Å². The topological polar surface area (TPSA) is 132 Å². The third-order valence-corrected chi connectivity index (χ3v) is 6.05. The van der Waals surface area contributed by atoms with Gasteiger partial charge < -0.3 is 30.2 Å². The van der Waals surface area contributed by atoms with E-state index in [2.05, 4.69) is 10.3 Å². The summed E-state index contributed by atoms with van der Waals surface area (Å²) in [5.74, 6) is -0.332. The van der Waals surface area contributed by atoms with Gasteiger partial charge in [-0.25, -0.2) is 9.59 Å². The van der Waals surface area contributed by atoms with Crippen LogP contribution in [0.25, 0.3) is 10.2 Å². The van der Waals surface area contributed by atoms with Crippen LogP contribution in [0.5, 0.6) is 5.75 Å². The van der Waals surface area contributed by atoms with Crippen molar-refractivity contribution in [2.75, 3.05) is 19.6 Å². The lowest BCUT2D eigenvalue weighted by atomic mass is 9.91. The summed E-state index contributed by atoms with van der Waals surface area (Å²) in [5.41, 5.74) is 1.47. The average Bonchev–Trinajstić information content (AvgIpc) is 3.14. The highest BCUT2D eigenvalue weighted by atomic mass is 32.1. The van der Waals surface area contributed by atoms with E-state index in [4.69, 9.17) is 4.74 Å². The molecule has 3 rings (SSSR count). The number of alkyl carbamates (subject to hydrolysis) is 1. The van der Waals surface area contributed by atoms with Gasteiger partial charge in [0.05, 0.1) is 4.70 Å². The lowest BCUT2D eigenvalue weighted by Crippen LogP contribution is -2.41. The molecule has 0 fully saturated rings. The maximum absolute atomic E-state index is 12.0.